The summed E-state index contributed by atoms with van der Waals surface area (Å²) in [5.74, 6) is 1.88. The first-order valence-corrected chi connectivity index (χ1v) is 5.03. The predicted molar refractivity (Wildman–Crippen MR) is 52.0 cm³/mol. The SMILES string of the molecule is CC12CCC1COc1ccccc12. The quantitative estimate of drug-likeness (QED) is 0.587. The van der Waals surface area contributed by atoms with Crippen molar-refractivity contribution in [2.75, 3.05) is 6.61 Å². The van der Waals surface area contributed by atoms with Crippen molar-refractivity contribution in [3.63, 3.8) is 0 Å². The van der Waals surface area contributed by atoms with Crippen molar-refractivity contribution in [3.05, 3.63) is 29.8 Å². The molecule has 0 spiro atoms. The summed E-state index contributed by atoms with van der Waals surface area (Å²) in [6.45, 7) is 3.30. The summed E-state index contributed by atoms with van der Waals surface area (Å²) < 4.78 is 5.72. The van der Waals surface area contributed by atoms with E-state index in [1.54, 1.807) is 0 Å². The van der Waals surface area contributed by atoms with Crippen molar-refractivity contribution in [3.8, 4) is 5.75 Å². The van der Waals surface area contributed by atoms with Gasteiger partial charge in [-0.05, 0) is 18.9 Å². The fourth-order valence-electron chi connectivity index (χ4n) is 2.66. The van der Waals surface area contributed by atoms with Crippen LogP contribution in [-0.4, -0.2) is 6.61 Å². The Balaban J connectivity index is 2.15. The highest BCUT2D eigenvalue weighted by molar-refractivity contribution is 5.43. The second kappa shape index (κ2) is 2.28. The first-order valence-electron chi connectivity index (χ1n) is 5.03. The first kappa shape index (κ1) is 7.43. The summed E-state index contributed by atoms with van der Waals surface area (Å²) in [6.07, 6.45) is 2.67. The molecule has 0 saturated heterocycles. The Morgan fingerprint density at radius 1 is 1.38 bits per heavy atom. The van der Waals surface area contributed by atoms with Gasteiger partial charge in [-0.25, -0.2) is 0 Å². The zero-order valence-corrected chi connectivity index (χ0v) is 7.92. The highest BCUT2D eigenvalue weighted by Gasteiger charge is 2.48. The Morgan fingerprint density at radius 2 is 2.23 bits per heavy atom. The maximum Gasteiger partial charge on any atom is 0.123 e. The van der Waals surface area contributed by atoms with E-state index in [1.807, 2.05) is 0 Å². The molecule has 2 atom stereocenters. The van der Waals surface area contributed by atoms with Gasteiger partial charge in [0, 0.05) is 16.9 Å². The lowest BCUT2D eigenvalue weighted by molar-refractivity contribution is 0.0519. The summed E-state index contributed by atoms with van der Waals surface area (Å²) in [5.41, 5.74) is 1.85. The number of hydrogen-bond acceptors (Lipinski definition) is 1. The van der Waals surface area contributed by atoms with Gasteiger partial charge in [-0.2, -0.15) is 0 Å². The first-order chi connectivity index (χ1) is 6.31. The molecular weight excluding hydrogens is 160 g/mol. The van der Waals surface area contributed by atoms with Crippen LogP contribution in [0.3, 0.4) is 0 Å². The summed E-state index contributed by atoms with van der Waals surface area (Å²) >= 11 is 0. The number of benzene rings is 1. The van der Waals surface area contributed by atoms with E-state index in [4.69, 9.17) is 4.74 Å². The molecular formula is C12H14O. The second-order valence-corrected chi connectivity index (χ2v) is 4.46. The molecule has 1 fully saturated rings. The summed E-state index contributed by atoms with van der Waals surface area (Å²) in [6, 6.07) is 8.49. The Morgan fingerprint density at radius 3 is 3.00 bits per heavy atom. The highest BCUT2D eigenvalue weighted by Crippen LogP contribution is 2.53. The average molecular weight is 174 g/mol. The van der Waals surface area contributed by atoms with E-state index in [2.05, 4.69) is 31.2 Å². The maximum absolute atomic E-state index is 5.72. The summed E-state index contributed by atoms with van der Waals surface area (Å²) in [5, 5.41) is 0. The molecule has 0 amide bonds. The molecule has 1 aliphatic heterocycles. The van der Waals surface area contributed by atoms with Gasteiger partial charge in [0.05, 0.1) is 6.61 Å². The fourth-order valence-corrected chi connectivity index (χ4v) is 2.66. The van der Waals surface area contributed by atoms with Crippen LogP contribution in [-0.2, 0) is 5.41 Å². The number of fused-ring (bicyclic) bond motifs is 3. The smallest absolute Gasteiger partial charge is 0.123 e. The van der Waals surface area contributed by atoms with E-state index in [0.29, 0.717) is 5.41 Å². The van der Waals surface area contributed by atoms with Crippen LogP contribution in [0, 0.1) is 5.92 Å². The third-order valence-corrected chi connectivity index (χ3v) is 3.86. The monoisotopic (exact) mass is 174 g/mol. The van der Waals surface area contributed by atoms with Gasteiger partial charge < -0.3 is 4.74 Å². The Hall–Kier alpha value is -0.980. The minimum Gasteiger partial charge on any atom is -0.493 e. The number of para-hydroxylation sites is 1. The van der Waals surface area contributed by atoms with E-state index in [0.717, 1.165) is 18.3 Å². The molecule has 68 valence electrons. The van der Waals surface area contributed by atoms with Crippen molar-refractivity contribution in [2.45, 2.75) is 25.2 Å². The molecule has 0 bridgehead atoms. The lowest BCUT2D eigenvalue weighted by Crippen LogP contribution is -2.47. The Bertz CT molecular complexity index is 345. The standard InChI is InChI=1S/C12H14O/c1-12-7-6-9(12)8-13-11-5-3-2-4-10(11)12/h2-5,9H,6-8H2,1H3. The van der Waals surface area contributed by atoms with Crippen LogP contribution in [0.15, 0.2) is 24.3 Å². The Labute approximate surface area is 78.7 Å². The van der Waals surface area contributed by atoms with Crippen LogP contribution in [0.2, 0.25) is 0 Å². The molecule has 0 radical (unpaired) electrons. The molecule has 1 nitrogen and oxygen atoms in total. The second-order valence-electron chi connectivity index (χ2n) is 4.46. The number of ether oxygens (including phenoxy) is 1. The molecule has 3 rings (SSSR count). The van der Waals surface area contributed by atoms with Gasteiger partial charge in [0.25, 0.3) is 0 Å². The van der Waals surface area contributed by atoms with Crippen LogP contribution in [0.25, 0.3) is 0 Å². The lowest BCUT2D eigenvalue weighted by atomic mass is 9.57. The van der Waals surface area contributed by atoms with Crippen LogP contribution in [0.5, 0.6) is 5.75 Å². The number of rotatable bonds is 0. The maximum atomic E-state index is 5.72. The summed E-state index contributed by atoms with van der Waals surface area (Å²) in [4.78, 5) is 0. The molecule has 13 heavy (non-hydrogen) atoms. The van der Waals surface area contributed by atoms with E-state index in [1.165, 1.54) is 18.4 Å². The fraction of sp³-hybridized carbons (Fsp3) is 0.500. The molecule has 1 aromatic rings. The van der Waals surface area contributed by atoms with Gasteiger partial charge in [0.2, 0.25) is 0 Å². The third-order valence-electron chi connectivity index (χ3n) is 3.86. The molecule has 1 aromatic carbocycles. The molecule has 2 unspecified atom stereocenters. The predicted octanol–water partition coefficient (Wildman–Crippen LogP) is 2.75. The molecule has 0 N–H and O–H groups in total. The van der Waals surface area contributed by atoms with E-state index >= 15 is 0 Å². The summed E-state index contributed by atoms with van der Waals surface area (Å²) in [7, 11) is 0. The van der Waals surface area contributed by atoms with Crippen LogP contribution < -0.4 is 4.74 Å². The van der Waals surface area contributed by atoms with Crippen molar-refractivity contribution >= 4 is 0 Å². The minimum atomic E-state index is 0.425. The van der Waals surface area contributed by atoms with Crippen molar-refractivity contribution in [2.24, 2.45) is 5.92 Å². The van der Waals surface area contributed by atoms with Crippen molar-refractivity contribution < 1.29 is 4.74 Å². The topological polar surface area (TPSA) is 9.23 Å². The molecule has 0 aromatic heterocycles. The third kappa shape index (κ3) is 0.822. The molecule has 1 saturated carbocycles. The largest absolute Gasteiger partial charge is 0.493 e. The molecule has 1 heteroatoms. The van der Waals surface area contributed by atoms with Crippen LogP contribution in [0.1, 0.15) is 25.3 Å². The minimum absolute atomic E-state index is 0.425. The average Bonchev–Trinajstić information content (AvgIpc) is 2.14. The molecule has 2 aliphatic rings. The van der Waals surface area contributed by atoms with Gasteiger partial charge in [-0.15, -0.1) is 0 Å². The molecule has 1 aliphatic carbocycles. The van der Waals surface area contributed by atoms with E-state index in [9.17, 15) is 0 Å². The zero-order chi connectivity index (χ0) is 8.89. The van der Waals surface area contributed by atoms with Gasteiger partial charge in [-0.1, -0.05) is 25.1 Å². The van der Waals surface area contributed by atoms with E-state index in [-0.39, 0.29) is 0 Å². The van der Waals surface area contributed by atoms with Crippen LogP contribution in [0.4, 0.5) is 0 Å². The van der Waals surface area contributed by atoms with Gasteiger partial charge in [0.1, 0.15) is 5.75 Å². The molecule has 1 heterocycles. The van der Waals surface area contributed by atoms with Crippen molar-refractivity contribution in [1.29, 1.82) is 0 Å². The lowest BCUT2D eigenvalue weighted by Gasteiger charge is -2.50. The normalized spacial score (nSPS) is 35.3. The zero-order valence-electron chi connectivity index (χ0n) is 7.92. The van der Waals surface area contributed by atoms with E-state index < -0.39 is 0 Å². The van der Waals surface area contributed by atoms with Gasteiger partial charge >= 0.3 is 0 Å². The van der Waals surface area contributed by atoms with Gasteiger partial charge in [0.15, 0.2) is 0 Å². The van der Waals surface area contributed by atoms with Crippen molar-refractivity contribution in [1.82, 2.24) is 0 Å². The highest BCUT2D eigenvalue weighted by atomic mass is 16.5. The van der Waals surface area contributed by atoms with Gasteiger partial charge in [-0.3, -0.25) is 0 Å². The Kier molecular flexibility index (Phi) is 1.30. The van der Waals surface area contributed by atoms with Crippen LogP contribution >= 0.6 is 0 Å². The number of hydrogen-bond donors (Lipinski definition) is 0.